The van der Waals surface area contributed by atoms with E-state index in [1.54, 1.807) is 19.1 Å². The fraction of sp³-hybridized carbons (Fsp3) is 0.538. The molecule has 0 spiro atoms. The lowest BCUT2D eigenvalue weighted by Gasteiger charge is -2.24. The molecule has 18 heavy (non-hydrogen) atoms. The molecule has 1 aliphatic heterocycles. The molecule has 1 fully saturated rings. The van der Waals surface area contributed by atoms with Gasteiger partial charge in [-0.2, -0.15) is 0 Å². The van der Waals surface area contributed by atoms with Gasteiger partial charge in [-0.3, -0.25) is 0 Å². The van der Waals surface area contributed by atoms with Crippen molar-refractivity contribution in [1.82, 2.24) is 5.32 Å². The van der Waals surface area contributed by atoms with E-state index in [2.05, 4.69) is 10.6 Å². The number of hydrogen-bond donors (Lipinski definition) is 2. The van der Waals surface area contributed by atoms with Gasteiger partial charge in [-0.05, 0) is 43.7 Å². The zero-order chi connectivity index (χ0) is 13.0. The van der Waals surface area contributed by atoms with E-state index in [0.29, 0.717) is 10.9 Å². The van der Waals surface area contributed by atoms with E-state index in [1.165, 1.54) is 6.42 Å². The zero-order valence-electron chi connectivity index (χ0n) is 10.6. The van der Waals surface area contributed by atoms with Gasteiger partial charge in [-0.1, -0.05) is 6.92 Å². The Labute approximate surface area is 109 Å². The minimum Gasteiger partial charge on any atom is -0.381 e. The third-order valence-corrected chi connectivity index (χ3v) is 5.01. The van der Waals surface area contributed by atoms with Gasteiger partial charge in [0.05, 0.1) is 10.6 Å². The van der Waals surface area contributed by atoms with Crippen LogP contribution in [0.4, 0.5) is 5.69 Å². The van der Waals surface area contributed by atoms with Crippen molar-refractivity contribution in [2.24, 2.45) is 0 Å². The second kappa shape index (κ2) is 5.71. The van der Waals surface area contributed by atoms with Crippen LogP contribution >= 0.6 is 0 Å². The molecule has 2 N–H and O–H groups in total. The first-order valence-electron chi connectivity index (χ1n) is 6.42. The van der Waals surface area contributed by atoms with Crippen LogP contribution in [0.15, 0.2) is 29.2 Å². The van der Waals surface area contributed by atoms with Crippen molar-refractivity contribution in [3.05, 3.63) is 24.3 Å². The monoisotopic (exact) mass is 268 g/mol. The topological polar surface area (TPSA) is 58.2 Å². The largest absolute Gasteiger partial charge is 0.381 e. The van der Waals surface area contributed by atoms with E-state index in [1.807, 2.05) is 12.1 Å². The first-order valence-corrected chi connectivity index (χ1v) is 8.07. The van der Waals surface area contributed by atoms with Crippen LogP contribution in [-0.2, 0) is 9.84 Å². The lowest BCUT2D eigenvalue weighted by atomic mass is 10.1. The van der Waals surface area contributed by atoms with Crippen molar-refractivity contribution in [3.8, 4) is 0 Å². The van der Waals surface area contributed by atoms with E-state index in [-0.39, 0.29) is 5.75 Å². The van der Waals surface area contributed by atoms with Crippen LogP contribution in [0.25, 0.3) is 0 Å². The van der Waals surface area contributed by atoms with Gasteiger partial charge in [-0.15, -0.1) is 0 Å². The molecule has 0 radical (unpaired) electrons. The molecule has 1 atom stereocenters. The van der Waals surface area contributed by atoms with Gasteiger partial charge in [0.2, 0.25) is 0 Å². The molecule has 4 nitrogen and oxygen atoms in total. The minimum atomic E-state index is -3.09. The molecule has 1 aromatic rings. The number of rotatable bonds is 4. The highest BCUT2D eigenvalue weighted by molar-refractivity contribution is 7.91. The number of hydrogen-bond acceptors (Lipinski definition) is 4. The van der Waals surface area contributed by atoms with E-state index >= 15 is 0 Å². The molecule has 0 amide bonds. The van der Waals surface area contributed by atoms with Crippen LogP contribution in [0.2, 0.25) is 0 Å². The molecule has 2 rings (SSSR count). The van der Waals surface area contributed by atoms with Crippen LogP contribution in [0.1, 0.15) is 19.8 Å². The first-order chi connectivity index (χ1) is 8.62. The smallest absolute Gasteiger partial charge is 0.178 e. The van der Waals surface area contributed by atoms with Gasteiger partial charge >= 0.3 is 0 Å². The summed E-state index contributed by atoms with van der Waals surface area (Å²) in [7, 11) is -3.09. The fourth-order valence-corrected chi connectivity index (χ4v) is 3.02. The second-order valence-electron chi connectivity index (χ2n) is 4.62. The lowest BCUT2D eigenvalue weighted by molar-refractivity contribution is 0.480. The maximum absolute atomic E-state index is 11.7. The molecule has 1 saturated heterocycles. The van der Waals surface area contributed by atoms with Crippen molar-refractivity contribution in [1.29, 1.82) is 0 Å². The number of anilines is 1. The predicted octanol–water partition coefficient (Wildman–Crippen LogP) is 1.64. The highest BCUT2D eigenvalue weighted by Gasteiger charge is 2.14. The molecule has 1 heterocycles. The zero-order valence-corrected chi connectivity index (χ0v) is 11.5. The van der Waals surface area contributed by atoms with Gasteiger partial charge in [0, 0.05) is 18.3 Å². The summed E-state index contributed by atoms with van der Waals surface area (Å²) in [5.41, 5.74) is 0.985. The Kier molecular flexibility index (Phi) is 4.24. The van der Waals surface area contributed by atoms with E-state index in [9.17, 15) is 8.42 Å². The fourth-order valence-electron chi connectivity index (χ4n) is 2.14. The van der Waals surface area contributed by atoms with Gasteiger partial charge in [0.25, 0.3) is 0 Å². The van der Waals surface area contributed by atoms with Gasteiger partial charge in [-0.25, -0.2) is 8.42 Å². The number of nitrogens with one attached hydrogen (secondary N) is 2. The third kappa shape index (κ3) is 3.23. The Hall–Kier alpha value is -1.07. The highest BCUT2D eigenvalue weighted by atomic mass is 32.2. The minimum absolute atomic E-state index is 0.145. The lowest BCUT2D eigenvalue weighted by Crippen LogP contribution is -2.38. The molecule has 0 bridgehead atoms. The first kappa shape index (κ1) is 13.4. The van der Waals surface area contributed by atoms with E-state index in [4.69, 9.17) is 0 Å². The third-order valence-electron chi connectivity index (χ3n) is 3.26. The van der Waals surface area contributed by atoms with Gasteiger partial charge in [0.15, 0.2) is 9.84 Å². The molecule has 0 saturated carbocycles. The highest BCUT2D eigenvalue weighted by Crippen LogP contribution is 2.17. The second-order valence-corrected chi connectivity index (χ2v) is 6.89. The number of sulfone groups is 1. The number of benzene rings is 1. The van der Waals surface area contributed by atoms with E-state index in [0.717, 1.165) is 25.2 Å². The van der Waals surface area contributed by atoms with Crippen LogP contribution in [0.3, 0.4) is 0 Å². The summed E-state index contributed by atoms with van der Waals surface area (Å²) < 4.78 is 23.3. The van der Waals surface area contributed by atoms with Crippen molar-refractivity contribution in [2.75, 3.05) is 24.2 Å². The molecule has 100 valence electrons. The average molecular weight is 268 g/mol. The van der Waals surface area contributed by atoms with Crippen LogP contribution in [0, 0.1) is 0 Å². The SMILES string of the molecule is CCS(=O)(=O)c1ccc(NC2CCCNC2)cc1. The standard InChI is InChI=1S/C13H20N2O2S/c1-2-18(16,17)13-7-5-11(6-8-13)15-12-4-3-9-14-10-12/h5-8,12,14-15H,2-4,9-10H2,1H3. The van der Waals surface area contributed by atoms with Crippen molar-refractivity contribution >= 4 is 15.5 Å². The Bertz CT molecular complexity index is 476. The maximum Gasteiger partial charge on any atom is 0.178 e. The van der Waals surface area contributed by atoms with E-state index < -0.39 is 9.84 Å². The van der Waals surface area contributed by atoms with Gasteiger partial charge < -0.3 is 10.6 Å². The van der Waals surface area contributed by atoms with Crippen molar-refractivity contribution in [2.45, 2.75) is 30.7 Å². The van der Waals surface area contributed by atoms with Crippen molar-refractivity contribution < 1.29 is 8.42 Å². The maximum atomic E-state index is 11.7. The molecule has 0 aromatic heterocycles. The summed E-state index contributed by atoms with van der Waals surface area (Å²) in [6.45, 7) is 3.72. The number of piperidine rings is 1. The Morgan fingerprint density at radius 3 is 2.61 bits per heavy atom. The molecule has 1 aliphatic rings. The van der Waals surface area contributed by atoms with Crippen LogP contribution < -0.4 is 10.6 Å². The summed E-state index contributed by atoms with van der Waals surface area (Å²) in [5.74, 6) is 0.145. The molecular formula is C13H20N2O2S. The summed E-state index contributed by atoms with van der Waals surface area (Å²) in [5, 5.41) is 6.76. The van der Waals surface area contributed by atoms with Crippen LogP contribution in [-0.4, -0.2) is 33.3 Å². The molecule has 1 unspecified atom stereocenters. The summed E-state index contributed by atoms with van der Waals surface area (Å²) in [4.78, 5) is 0.400. The normalized spacial score (nSPS) is 20.6. The summed E-state index contributed by atoms with van der Waals surface area (Å²) in [6, 6.07) is 7.48. The summed E-state index contributed by atoms with van der Waals surface area (Å²) in [6.07, 6.45) is 2.34. The molecular weight excluding hydrogens is 248 g/mol. The Morgan fingerprint density at radius 1 is 1.33 bits per heavy atom. The Morgan fingerprint density at radius 2 is 2.06 bits per heavy atom. The molecule has 0 aliphatic carbocycles. The summed E-state index contributed by atoms with van der Waals surface area (Å²) >= 11 is 0. The molecule has 1 aromatic carbocycles. The Balaban J connectivity index is 2.03. The predicted molar refractivity (Wildman–Crippen MR) is 73.7 cm³/mol. The quantitative estimate of drug-likeness (QED) is 0.871. The van der Waals surface area contributed by atoms with Crippen molar-refractivity contribution in [3.63, 3.8) is 0 Å². The average Bonchev–Trinajstić information content (AvgIpc) is 2.40. The van der Waals surface area contributed by atoms with Crippen LogP contribution in [0.5, 0.6) is 0 Å². The van der Waals surface area contributed by atoms with Gasteiger partial charge in [0.1, 0.15) is 0 Å². The molecule has 5 heteroatoms.